The van der Waals surface area contributed by atoms with Gasteiger partial charge in [-0.1, -0.05) is 92.8 Å². The second kappa shape index (κ2) is 10.8. The van der Waals surface area contributed by atoms with Crippen LogP contribution in [0.15, 0.2) is 71.3 Å². The van der Waals surface area contributed by atoms with Gasteiger partial charge in [-0.15, -0.1) is 0 Å². The summed E-state index contributed by atoms with van der Waals surface area (Å²) in [5.41, 5.74) is 2.03. The van der Waals surface area contributed by atoms with Crippen LogP contribution in [0.3, 0.4) is 0 Å². The van der Waals surface area contributed by atoms with Crippen molar-refractivity contribution >= 4 is 0 Å². The fourth-order valence-electron chi connectivity index (χ4n) is 3.40. The van der Waals surface area contributed by atoms with Crippen LogP contribution in [-0.2, 0) is 13.1 Å². The topological polar surface area (TPSA) is 49.5 Å². The molecule has 0 amide bonds. The van der Waals surface area contributed by atoms with E-state index in [0.29, 0.717) is 12.4 Å². The lowest BCUT2D eigenvalue weighted by Gasteiger charge is -2.14. The number of aliphatic hydroxyl groups is 1. The van der Waals surface area contributed by atoms with Crippen LogP contribution in [0.5, 0.6) is 0 Å². The van der Waals surface area contributed by atoms with Gasteiger partial charge in [-0.3, -0.25) is 4.90 Å². The fourth-order valence-corrected chi connectivity index (χ4v) is 3.40. The van der Waals surface area contributed by atoms with Crippen LogP contribution in [-0.4, -0.2) is 22.0 Å². The quantitative estimate of drug-likeness (QED) is 0.629. The summed E-state index contributed by atoms with van der Waals surface area (Å²) >= 11 is 0. The van der Waals surface area contributed by atoms with Gasteiger partial charge < -0.3 is 9.52 Å². The first kappa shape index (κ1) is 20.3. The van der Waals surface area contributed by atoms with Crippen LogP contribution in [0.4, 0.5) is 0 Å². The third kappa shape index (κ3) is 6.32. The summed E-state index contributed by atoms with van der Waals surface area (Å²) in [5, 5.41) is 10.3. The van der Waals surface area contributed by atoms with Crippen LogP contribution in [0.1, 0.15) is 61.0 Å². The van der Waals surface area contributed by atoms with E-state index in [0.717, 1.165) is 17.9 Å². The van der Waals surface area contributed by atoms with Crippen molar-refractivity contribution in [3.8, 4) is 0 Å². The first-order valence-corrected chi connectivity index (χ1v) is 10.1. The molecule has 1 saturated carbocycles. The van der Waals surface area contributed by atoms with Gasteiger partial charge in [0.15, 0.2) is 6.10 Å². The Morgan fingerprint density at radius 2 is 1.46 bits per heavy atom. The third-order valence-corrected chi connectivity index (χ3v) is 4.89. The Morgan fingerprint density at radius 1 is 0.893 bits per heavy atom. The summed E-state index contributed by atoms with van der Waals surface area (Å²) in [6, 6.07) is 19.7. The molecule has 0 unspecified atom stereocenters. The molecule has 1 atom stereocenters. The summed E-state index contributed by atoms with van der Waals surface area (Å²) in [7, 11) is 2.03. The molecule has 0 bridgehead atoms. The second-order valence-corrected chi connectivity index (χ2v) is 7.40. The number of nitrogens with zero attached hydrogens (tertiary/aromatic N) is 2. The number of aliphatic hydroxyl groups excluding tert-OH is 1. The molecule has 0 saturated heterocycles. The molecule has 1 aliphatic carbocycles. The summed E-state index contributed by atoms with van der Waals surface area (Å²) in [6.07, 6.45) is 8.35. The normalized spacial score (nSPS) is 14.5. The zero-order valence-corrected chi connectivity index (χ0v) is 16.6. The second-order valence-electron chi connectivity index (χ2n) is 7.40. The first-order valence-electron chi connectivity index (χ1n) is 10.1. The number of hydrogen-bond donors (Lipinski definition) is 1. The molecule has 1 aliphatic rings. The average molecular weight is 379 g/mol. The monoisotopic (exact) mass is 378 g/mol. The molecule has 1 fully saturated rings. The standard InChI is InChI=1S/C19H20N2O2.C5H10/c1-21(13-15-8-4-2-5-9-15)14-17-12-20-19(23-17)18(22)16-10-6-3-7-11-16;1-2-4-5-3-1/h2-12,18,22H,13-14H2,1H3;1-5H2/t18-;/m0./s1. The lowest BCUT2D eigenvalue weighted by Crippen LogP contribution is -2.16. The van der Waals surface area contributed by atoms with Gasteiger partial charge in [-0.05, 0) is 18.2 Å². The Labute approximate surface area is 167 Å². The highest BCUT2D eigenvalue weighted by atomic mass is 16.4. The number of aromatic nitrogens is 1. The largest absolute Gasteiger partial charge is 0.441 e. The summed E-state index contributed by atoms with van der Waals surface area (Å²) in [4.78, 5) is 6.36. The van der Waals surface area contributed by atoms with Crippen LogP contribution >= 0.6 is 0 Å². The lowest BCUT2D eigenvalue weighted by molar-refractivity contribution is 0.176. The minimum absolute atomic E-state index is 0.333. The zero-order valence-electron chi connectivity index (χ0n) is 16.6. The molecule has 0 spiro atoms. The molecule has 0 radical (unpaired) electrons. The van der Waals surface area contributed by atoms with Crippen molar-refractivity contribution in [3.05, 3.63) is 89.6 Å². The van der Waals surface area contributed by atoms with E-state index >= 15 is 0 Å². The highest BCUT2D eigenvalue weighted by Crippen LogP contribution is 2.22. The molecular weight excluding hydrogens is 348 g/mol. The van der Waals surface area contributed by atoms with Crippen molar-refractivity contribution in [3.63, 3.8) is 0 Å². The minimum Gasteiger partial charge on any atom is -0.441 e. The molecule has 1 aromatic heterocycles. The van der Waals surface area contributed by atoms with E-state index in [2.05, 4.69) is 22.0 Å². The molecule has 148 valence electrons. The molecule has 2 aromatic carbocycles. The van der Waals surface area contributed by atoms with E-state index in [1.54, 1.807) is 6.20 Å². The van der Waals surface area contributed by atoms with Crippen molar-refractivity contribution in [2.24, 2.45) is 0 Å². The van der Waals surface area contributed by atoms with Gasteiger partial charge in [0.05, 0.1) is 12.7 Å². The SMILES string of the molecule is C1CCCC1.CN(Cc1ccccc1)Cc1cnc([C@@H](O)c2ccccc2)o1. The van der Waals surface area contributed by atoms with Crippen molar-refractivity contribution < 1.29 is 9.52 Å². The number of benzene rings is 2. The van der Waals surface area contributed by atoms with Crippen LogP contribution < -0.4 is 0 Å². The van der Waals surface area contributed by atoms with E-state index in [4.69, 9.17) is 4.42 Å². The van der Waals surface area contributed by atoms with E-state index in [1.807, 2.05) is 55.6 Å². The van der Waals surface area contributed by atoms with Gasteiger partial charge in [0.25, 0.3) is 0 Å². The van der Waals surface area contributed by atoms with Gasteiger partial charge >= 0.3 is 0 Å². The van der Waals surface area contributed by atoms with E-state index in [-0.39, 0.29) is 0 Å². The zero-order chi connectivity index (χ0) is 19.6. The Morgan fingerprint density at radius 3 is 2.07 bits per heavy atom. The fraction of sp³-hybridized carbons (Fsp3) is 0.375. The van der Waals surface area contributed by atoms with Gasteiger partial charge in [-0.25, -0.2) is 4.98 Å². The smallest absolute Gasteiger partial charge is 0.227 e. The van der Waals surface area contributed by atoms with Gasteiger partial charge in [0.2, 0.25) is 5.89 Å². The number of oxazole rings is 1. The lowest BCUT2D eigenvalue weighted by atomic mass is 10.1. The Balaban J connectivity index is 0.000000391. The maximum absolute atomic E-state index is 10.3. The maximum Gasteiger partial charge on any atom is 0.227 e. The minimum atomic E-state index is -0.829. The van der Waals surface area contributed by atoms with Crippen LogP contribution in [0.2, 0.25) is 0 Å². The summed E-state index contributed by atoms with van der Waals surface area (Å²) < 4.78 is 5.71. The predicted octanol–water partition coefficient (Wildman–Crippen LogP) is 5.34. The molecule has 1 N–H and O–H groups in total. The molecule has 0 aliphatic heterocycles. The molecule has 28 heavy (non-hydrogen) atoms. The van der Waals surface area contributed by atoms with Crippen molar-refractivity contribution in [1.82, 2.24) is 9.88 Å². The predicted molar refractivity (Wildman–Crippen MR) is 112 cm³/mol. The highest BCUT2D eigenvalue weighted by molar-refractivity contribution is 5.22. The van der Waals surface area contributed by atoms with Crippen LogP contribution in [0.25, 0.3) is 0 Å². The highest BCUT2D eigenvalue weighted by Gasteiger charge is 2.16. The van der Waals surface area contributed by atoms with E-state index in [1.165, 1.54) is 37.7 Å². The molecule has 4 nitrogen and oxygen atoms in total. The van der Waals surface area contributed by atoms with E-state index in [9.17, 15) is 5.11 Å². The van der Waals surface area contributed by atoms with Crippen LogP contribution in [0, 0.1) is 0 Å². The van der Waals surface area contributed by atoms with E-state index < -0.39 is 6.10 Å². The Bertz CT molecular complexity index is 790. The van der Waals surface area contributed by atoms with Crippen molar-refractivity contribution in [2.75, 3.05) is 7.05 Å². The molecule has 3 aromatic rings. The number of rotatable bonds is 6. The molecule has 1 heterocycles. The summed E-state index contributed by atoms with van der Waals surface area (Å²) in [6.45, 7) is 1.47. The van der Waals surface area contributed by atoms with Crippen molar-refractivity contribution in [2.45, 2.75) is 51.3 Å². The van der Waals surface area contributed by atoms with Gasteiger partial charge in [-0.2, -0.15) is 0 Å². The van der Waals surface area contributed by atoms with Gasteiger partial charge in [0.1, 0.15) is 5.76 Å². The third-order valence-electron chi connectivity index (χ3n) is 4.89. The molecule has 4 rings (SSSR count). The first-order chi connectivity index (χ1) is 13.7. The maximum atomic E-state index is 10.3. The van der Waals surface area contributed by atoms with Crippen molar-refractivity contribution in [1.29, 1.82) is 0 Å². The molecule has 4 heteroatoms. The number of hydrogen-bond acceptors (Lipinski definition) is 4. The Hall–Kier alpha value is -2.43. The summed E-state index contributed by atoms with van der Waals surface area (Å²) in [5.74, 6) is 1.08. The Kier molecular flexibility index (Phi) is 7.82. The van der Waals surface area contributed by atoms with Gasteiger partial charge in [0, 0.05) is 6.54 Å². The molecular formula is C24H30N2O2. The average Bonchev–Trinajstić information content (AvgIpc) is 3.44.